The fourth-order valence-corrected chi connectivity index (χ4v) is 8.89. The van der Waals surface area contributed by atoms with Crippen molar-refractivity contribution in [3.8, 4) is 11.1 Å². The van der Waals surface area contributed by atoms with E-state index in [0.29, 0.717) is 5.92 Å². The zero-order valence-electron chi connectivity index (χ0n) is 28.9. The molecule has 0 radical (unpaired) electrons. The first-order chi connectivity index (χ1) is 25.7. The largest absolute Gasteiger partial charge is 0.0990 e. The third-order valence-corrected chi connectivity index (χ3v) is 11.2. The van der Waals surface area contributed by atoms with E-state index in [1.807, 2.05) is 12.2 Å². The number of rotatable bonds is 4. The van der Waals surface area contributed by atoms with Gasteiger partial charge in [0.15, 0.2) is 0 Å². The average Bonchev–Trinajstić information content (AvgIpc) is 3.20. The first kappa shape index (κ1) is 30.3. The highest BCUT2D eigenvalue weighted by atomic mass is 14.3. The van der Waals surface area contributed by atoms with Crippen LogP contribution in [0.1, 0.15) is 28.7 Å². The molecule has 0 heteroatoms. The van der Waals surface area contributed by atoms with E-state index in [-0.39, 0.29) is 0 Å². The van der Waals surface area contributed by atoms with Crippen molar-refractivity contribution in [3.05, 3.63) is 209 Å². The predicted octanol–water partition coefficient (Wildman–Crippen LogP) is 12.3. The van der Waals surface area contributed by atoms with Gasteiger partial charge in [-0.25, -0.2) is 0 Å². The molecule has 2 aliphatic carbocycles. The van der Waals surface area contributed by atoms with E-state index in [4.69, 9.17) is 0 Å². The van der Waals surface area contributed by atoms with E-state index in [1.165, 1.54) is 93.2 Å². The van der Waals surface area contributed by atoms with Gasteiger partial charge in [-0.05, 0) is 122 Å². The molecular weight excluding hydrogens is 625 g/mol. The lowest BCUT2D eigenvalue weighted by molar-refractivity contribution is 0.841. The van der Waals surface area contributed by atoms with E-state index < -0.39 is 0 Å². The fraction of sp³-hybridized carbons (Fsp3) is 0.0385. The Bertz CT molecular complexity index is 2950. The highest BCUT2D eigenvalue weighted by Crippen LogP contribution is 2.49. The van der Waals surface area contributed by atoms with Crippen LogP contribution in [0.25, 0.3) is 83.6 Å². The second-order valence-electron chi connectivity index (χ2n) is 14.1. The number of hydrogen-bond acceptors (Lipinski definition) is 0. The monoisotopic (exact) mass is 660 g/mol. The Kier molecular flexibility index (Phi) is 7.05. The Labute approximate surface area is 304 Å². The van der Waals surface area contributed by atoms with Crippen LogP contribution in [0, 0.1) is 5.92 Å². The van der Waals surface area contributed by atoms with Gasteiger partial charge in [0.1, 0.15) is 0 Å². The lowest BCUT2D eigenvalue weighted by Gasteiger charge is -2.30. The van der Waals surface area contributed by atoms with Crippen LogP contribution in [0.4, 0.5) is 0 Å². The fourth-order valence-electron chi connectivity index (χ4n) is 8.89. The zero-order chi connectivity index (χ0) is 34.8. The Morgan fingerprint density at radius 2 is 1.17 bits per heavy atom. The van der Waals surface area contributed by atoms with E-state index >= 15 is 0 Å². The summed E-state index contributed by atoms with van der Waals surface area (Å²) in [7, 11) is 0. The van der Waals surface area contributed by atoms with Crippen LogP contribution < -0.4 is 10.4 Å². The lowest BCUT2D eigenvalue weighted by Crippen LogP contribution is -2.22. The van der Waals surface area contributed by atoms with Crippen molar-refractivity contribution in [2.24, 2.45) is 5.92 Å². The van der Waals surface area contributed by atoms with Gasteiger partial charge < -0.3 is 0 Å². The van der Waals surface area contributed by atoms with Gasteiger partial charge in [-0.2, -0.15) is 0 Å². The summed E-state index contributed by atoms with van der Waals surface area (Å²) in [6.45, 7) is 8.25. The summed E-state index contributed by atoms with van der Waals surface area (Å²) in [6, 6.07) is 53.6. The van der Waals surface area contributed by atoms with Crippen LogP contribution >= 0.6 is 0 Å². The molecule has 244 valence electrons. The molecule has 8 aromatic rings. The Morgan fingerprint density at radius 3 is 1.90 bits per heavy atom. The topological polar surface area (TPSA) is 0 Å². The van der Waals surface area contributed by atoms with Crippen LogP contribution in [0.15, 0.2) is 176 Å². The molecular formula is C52H36. The van der Waals surface area contributed by atoms with Gasteiger partial charge in [0, 0.05) is 5.92 Å². The number of fused-ring (bicyclic) bond motifs is 8. The molecule has 0 spiro atoms. The van der Waals surface area contributed by atoms with Crippen molar-refractivity contribution in [2.45, 2.75) is 6.42 Å². The average molecular weight is 661 g/mol. The molecule has 0 N–H and O–H groups in total. The van der Waals surface area contributed by atoms with Crippen LogP contribution in [0.3, 0.4) is 0 Å². The lowest BCUT2D eigenvalue weighted by atomic mass is 9.73. The summed E-state index contributed by atoms with van der Waals surface area (Å²) >= 11 is 0. The number of allylic oxidation sites excluding steroid dienone is 6. The summed E-state index contributed by atoms with van der Waals surface area (Å²) < 4.78 is 0. The maximum atomic E-state index is 4.31. The maximum Gasteiger partial charge on any atom is 0.00686 e. The second-order valence-corrected chi connectivity index (χ2v) is 14.1. The maximum absolute atomic E-state index is 4.31. The van der Waals surface area contributed by atoms with Gasteiger partial charge in [0.05, 0.1) is 0 Å². The van der Waals surface area contributed by atoms with Gasteiger partial charge in [-0.1, -0.05) is 177 Å². The zero-order valence-corrected chi connectivity index (χ0v) is 28.9. The first-order valence-corrected chi connectivity index (χ1v) is 18.2. The second kappa shape index (κ2) is 12.1. The van der Waals surface area contributed by atoms with Crippen LogP contribution in [-0.2, 0) is 0 Å². The molecule has 1 atom stereocenters. The van der Waals surface area contributed by atoms with Crippen LogP contribution in [-0.4, -0.2) is 0 Å². The van der Waals surface area contributed by atoms with Gasteiger partial charge in [0.25, 0.3) is 0 Å². The van der Waals surface area contributed by atoms with E-state index in [0.717, 1.165) is 16.9 Å². The Hall–Kier alpha value is -6.50. The molecule has 0 aliphatic heterocycles. The Morgan fingerprint density at radius 1 is 0.538 bits per heavy atom. The van der Waals surface area contributed by atoms with Crippen molar-refractivity contribution < 1.29 is 0 Å². The summed E-state index contributed by atoms with van der Waals surface area (Å²) in [6.07, 6.45) is 12.3. The third-order valence-electron chi connectivity index (χ3n) is 11.2. The molecule has 10 rings (SSSR count). The highest BCUT2D eigenvalue weighted by Gasteiger charge is 2.28. The molecule has 0 saturated heterocycles. The minimum Gasteiger partial charge on any atom is -0.0990 e. The normalized spacial score (nSPS) is 15.7. The molecule has 0 heterocycles. The number of hydrogen-bond donors (Lipinski definition) is 0. The summed E-state index contributed by atoms with van der Waals surface area (Å²) in [5, 5.41) is 12.2. The third kappa shape index (κ3) is 4.69. The van der Waals surface area contributed by atoms with Gasteiger partial charge in [-0.3, -0.25) is 0 Å². The van der Waals surface area contributed by atoms with Crippen LogP contribution in [0.2, 0.25) is 0 Å². The van der Waals surface area contributed by atoms with Crippen molar-refractivity contribution in [3.63, 3.8) is 0 Å². The van der Waals surface area contributed by atoms with Crippen molar-refractivity contribution in [1.29, 1.82) is 0 Å². The standard InChI is InChI=1S/C52H36/c1-3-14-35-30-49-36(29-33(35)2)27-28-42-41(49)23-13-24-43(42)52-46-21-11-9-19-44(46)51(45-20-10-12-22-47(45)52)38-26-25-37-31-48(34-15-5-4-6-16-34)39-17-7-8-18-40(39)50(37)32-38/h3-24,26-32,37H,1-2,25H2/b35-14-. The van der Waals surface area contributed by atoms with E-state index in [2.05, 4.69) is 177 Å². The molecule has 0 aromatic heterocycles. The minimum absolute atomic E-state index is 0.334. The molecule has 0 amide bonds. The summed E-state index contributed by atoms with van der Waals surface area (Å²) in [5.74, 6) is 0.334. The van der Waals surface area contributed by atoms with Crippen molar-refractivity contribution in [2.75, 3.05) is 0 Å². The highest BCUT2D eigenvalue weighted by molar-refractivity contribution is 6.24. The van der Waals surface area contributed by atoms with Crippen molar-refractivity contribution in [1.82, 2.24) is 0 Å². The molecule has 0 saturated carbocycles. The van der Waals surface area contributed by atoms with Gasteiger partial charge in [0.2, 0.25) is 0 Å². The molecule has 0 bridgehead atoms. The molecule has 0 nitrogen and oxygen atoms in total. The number of benzene rings is 8. The van der Waals surface area contributed by atoms with Gasteiger partial charge in [-0.15, -0.1) is 0 Å². The minimum atomic E-state index is 0.334. The summed E-state index contributed by atoms with van der Waals surface area (Å²) in [4.78, 5) is 0. The van der Waals surface area contributed by atoms with E-state index in [1.54, 1.807) is 0 Å². The smallest absolute Gasteiger partial charge is 0.00686 e. The van der Waals surface area contributed by atoms with Gasteiger partial charge >= 0.3 is 0 Å². The Balaban J connectivity index is 1.20. The van der Waals surface area contributed by atoms with Crippen LogP contribution in [0.5, 0.6) is 0 Å². The molecule has 8 aromatic carbocycles. The van der Waals surface area contributed by atoms with E-state index in [9.17, 15) is 0 Å². The summed E-state index contributed by atoms with van der Waals surface area (Å²) in [5.41, 5.74) is 11.8. The van der Waals surface area contributed by atoms with Crippen molar-refractivity contribution >= 4 is 72.5 Å². The SMILES string of the molecule is C=C/C=c1/cc2c(ccc3c(-c4c5ccccc5c(C5=CCC6C=C(c7ccccc7)c7ccccc7C6=C5)c5ccccc45)cccc32)cc1=C. The predicted molar refractivity (Wildman–Crippen MR) is 225 cm³/mol. The molecule has 2 aliphatic rings. The molecule has 52 heavy (non-hydrogen) atoms. The molecule has 1 unspecified atom stereocenters. The first-order valence-electron chi connectivity index (χ1n) is 18.2. The molecule has 0 fully saturated rings. The quantitative estimate of drug-likeness (QED) is 0.130.